The lowest BCUT2D eigenvalue weighted by Gasteiger charge is -2.07. The van der Waals surface area contributed by atoms with Crippen LogP contribution in [0.25, 0.3) is 0 Å². The van der Waals surface area contributed by atoms with Crippen molar-refractivity contribution in [2.45, 2.75) is 12.5 Å². The number of nitriles is 1. The third-order valence-electron chi connectivity index (χ3n) is 3.07. The number of carbonyl (C=O) groups is 1. The quantitative estimate of drug-likeness (QED) is 0.927. The molecule has 0 aliphatic carbocycles. The number of rotatable bonds is 3. The molecular weight excluding hydrogens is 272 g/mol. The van der Waals surface area contributed by atoms with Crippen molar-refractivity contribution in [2.24, 2.45) is 0 Å². The van der Waals surface area contributed by atoms with E-state index < -0.39 is 12.1 Å². The summed E-state index contributed by atoms with van der Waals surface area (Å²) in [6, 6.07) is 10.2. The fraction of sp³-hybridized carbons (Fsp3) is 0.133. The van der Waals surface area contributed by atoms with E-state index in [9.17, 15) is 4.79 Å². The summed E-state index contributed by atoms with van der Waals surface area (Å²) >= 11 is 0. The monoisotopic (exact) mass is 282 g/mol. The van der Waals surface area contributed by atoms with Crippen molar-refractivity contribution in [1.29, 1.82) is 5.26 Å². The maximum Gasteiger partial charge on any atom is 0.345 e. The van der Waals surface area contributed by atoms with E-state index in [1.807, 2.05) is 6.07 Å². The number of aliphatic carboxylic acids is 1. The van der Waals surface area contributed by atoms with Gasteiger partial charge in [-0.25, -0.2) is 9.78 Å². The average molecular weight is 282 g/mol. The van der Waals surface area contributed by atoms with Gasteiger partial charge in [0, 0.05) is 24.8 Å². The van der Waals surface area contributed by atoms with Gasteiger partial charge < -0.3 is 14.6 Å². The molecule has 1 aliphatic heterocycles. The number of ether oxygens (including phenoxy) is 2. The summed E-state index contributed by atoms with van der Waals surface area (Å²) in [5, 5.41) is 17.7. The van der Waals surface area contributed by atoms with Gasteiger partial charge in [-0.15, -0.1) is 0 Å². The number of nitrogens with zero attached hydrogens (tertiary/aromatic N) is 2. The molecule has 0 saturated heterocycles. The number of benzene rings is 1. The van der Waals surface area contributed by atoms with Crippen LogP contribution >= 0.6 is 0 Å². The highest BCUT2D eigenvalue weighted by Crippen LogP contribution is 2.34. The predicted molar refractivity (Wildman–Crippen MR) is 71.2 cm³/mol. The summed E-state index contributed by atoms with van der Waals surface area (Å²) in [5.41, 5.74) is 1.10. The van der Waals surface area contributed by atoms with Gasteiger partial charge in [-0.05, 0) is 17.7 Å². The number of hydrogen-bond acceptors (Lipinski definition) is 5. The van der Waals surface area contributed by atoms with Gasteiger partial charge in [0.1, 0.15) is 29.0 Å². The molecule has 0 saturated carbocycles. The third-order valence-corrected chi connectivity index (χ3v) is 3.07. The molecule has 1 aromatic heterocycles. The zero-order chi connectivity index (χ0) is 14.8. The van der Waals surface area contributed by atoms with Gasteiger partial charge >= 0.3 is 5.97 Å². The summed E-state index contributed by atoms with van der Waals surface area (Å²) in [4.78, 5) is 14.8. The first-order chi connectivity index (χ1) is 10.2. The van der Waals surface area contributed by atoms with Crippen molar-refractivity contribution < 1.29 is 19.4 Å². The average Bonchev–Trinajstić information content (AvgIpc) is 2.91. The largest absolute Gasteiger partial charge is 0.478 e. The zero-order valence-corrected chi connectivity index (χ0v) is 10.8. The minimum atomic E-state index is -0.985. The lowest BCUT2D eigenvalue weighted by atomic mass is 10.1. The van der Waals surface area contributed by atoms with Crippen LogP contribution in [0.3, 0.4) is 0 Å². The highest BCUT2D eigenvalue weighted by molar-refractivity contribution is 5.74. The molecule has 21 heavy (non-hydrogen) atoms. The number of fused-ring (bicyclic) bond motifs is 1. The van der Waals surface area contributed by atoms with Crippen molar-refractivity contribution in [2.75, 3.05) is 0 Å². The molecular formula is C15H10N2O4. The molecule has 1 N–H and O–H groups in total. The topological polar surface area (TPSA) is 92.4 Å². The van der Waals surface area contributed by atoms with E-state index in [1.54, 1.807) is 24.3 Å². The lowest BCUT2D eigenvalue weighted by molar-refractivity contribution is -0.144. The minimum Gasteiger partial charge on any atom is -0.478 e. The van der Waals surface area contributed by atoms with Crippen LogP contribution in [0, 0.1) is 11.3 Å². The van der Waals surface area contributed by atoms with Gasteiger partial charge in [0.05, 0.1) is 0 Å². The molecule has 1 aromatic carbocycles. The number of aromatic nitrogens is 1. The second kappa shape index (κ2) is 5.13. The first-order valence-electron chi connectivity index (χ1n) is 6.22. The van der Waals surface area contributed by atoms with Crippen molar-refractivity contribution in [3.63, 3.8) is 0 Å². The predicted octanol–water partition coefficient (Wildman–Crippen LogP) is 2.13. The summed E-state index contributed by atoms with van der Waals surface area (Å²) in [6.45, 7) is 0. The Balaban J connectivity index is 1.81. The molecule has 3 rings (SSSR count). The number of carboxylic acid groups (broad SMARTS) is 1. The normalized spacial score (nSPS) is 15.7. The molecule has 1 atom stereocenters. The van der Waals surface area contributed by atoms with E-state index in [-0.39, 0.29) is 5.69 Å². The molecule has 1 aliphatic rings. The summed E-state index contributed by atoms with van der Waals surface area (Å²) in [7, 11) is 0. The highest BCUT2D eigenvalue weighted by atomic mass is 16.5. The van der Waals surface area contributed by atoms with Crippen molar-refractivity contribution in [3.05, 3.63) is 47.8 Å². The number of hydrogen-bond donors (Lipinski definition) is 1. The van der Waals surface area contributed by atoms with Crippen LogP contribution in [0.15, 0.2) is 36.5 Å². The van der Waals surface area contributed by atoms with Crippen LogP contribution in [-0.4, -0.2) is 22.2 Å². The molecule has 104 valence electrons. The lowest BCUT2D eigenvalue weighted by Crippen LogP contribution is -2.24. The van der Waals surface area contributed by atoms with Gasteiger partial charge in [0.15, 0.2) is 6.10 Å². The molecule has 2 heterocycles. The Morgan fingerprint density at radius 1 is 1.38 bits per heavy atom. The van der Waals surface area contributed by atoms with Crippen LogP contribution in [0.2, 0.25) is 0 Å². The molecule has 0 fully saturated rings. The van der Waals surface area contributed by atoms with E-state index in [0.29, 0.717) is 23.7 Å². The maximum absolute atomic E-state index is 10.9. The summed E-state index contributed by atoms with van der Waals surface area (Å²) < 4.78 is 11.0. The first kappa shape index (κ1) is 12.9. The zero-order valence-electron chi connectivity index (χ0n) is 10.8. The molecule has 0 bridgehead atoms. The molecule has 0 radical (unpaired) electrons. The van der Waals surface area contributed by atoms with Gasteiger partial charge in [-0.3, -0.25) is 0 Å². The van der Waals surface area contributed by atoms with Crippen LogP contribution in [0.5, 0.6) is 17.2 Å². The minimum absolute atomic E-state index is 0.260. The smallest absolute Gasteiger partial charge is 0.345 e. The molecule has 6 heteroatoms. The van der Waals surface area contributed by atoms with E-state index in [1.165, 1.54) is 12.3 Å². The Kier molecular flexibility index (Phi) is 3.16. The number of carboxylic acids is 1. The number of pyridine rings is 1. The fourth-order valence-corrected chi connectivity index (χ4v) is 2.08. The van der Waals surface area contributed by atoms with E-state index >= 15 is 0 Å². The van der Waals surface area contributed by atoms with Crippen LogP contribution < -0.4 is 9.47 Å². The Hall–Kier alpha value is -3.07. The van der Waals surface area contributed by atoms with E-state index in [2.05, 4.69) is 4.98 Å². The van der Waals surface area contributed by atoms with Crippen molar-refractivity contribution >= 4 is 5.97 Å². The Morgan fingerprint density at radius 3 is 2.95 bits per heavy atom. The van der Waals surface area contributed by atoms with Gasteiger partial charge in [-0.1, -0.05) is 6.07 Å². The van der Waals surface area contributed by atoms with E-state index in [0.717, 1.165) is 5.56 Å². The highest BCUT2D eigenvalue weighted by Gasteiger charge is 2.29. The van der Waals surface area contributed by atoms with Crippen LogP contribution in [0.1, 0.15) is 11.3 Å². The molecule has 2 aromatic rings. The second-order valence-electron chi connectivity index (χ2n) is 4.51. The first-order valence-corrected chi connectivity index (χ1v) is 6.22. The Morgan fingerprint density at radius 2 is 2.19 bits per heavy atom. The summed E-state index contributed by atoms with van der Waals surface area (Å²) in [5.74, 6) is 0.514. The summed E-state index contributed by atoms with van der Waals surface area (Å²) in [6.07, 6.45) is 0.984. The Labute approximate surface area is 120 Å². The van der Waals surface area contributed by atoms with E-state index in [4.69, 9.17) is 19.8 Å². The standard InChI is InChI=1S/C15H10N2O4/c16-8-10-6-12(3-4-17-10)20-11-2-1-9-5-14(15(18)19)21-13(9)7-11/h1-4,6-7,14H,5H2,(H,18,19). The van der Waals surface area contributed by atoms with Crippen molar-refractivity contribution in [1.82, 2.24) is 4.98 Å². The van der Waals surface area contributed by atoms with Gasteiger partial charge in [0.2, 0.25) is 0 Å². The SMILES string of the molecule is N#Cc1cc(Oc2ccc3c(c2)OC(C(=O)O)C3)ccn1. The van der Waals surface area contributed by atoms with Crippen LogP contribution in [0.4, 0.5) is 0 Å². The van der Waals surface area contributed by atoms with Crippen molar-refractivity contribution in [3.8, 4) is 23.3 Å². The molecule has 0 amide bonds. The molecule has 1 unspecified atom stereocenters. The third kappa shape index (κ3) is 2.62. The molecule has 6 nitrogen and oxygen atoms in total. The maximum atomic E-state index is 10.9. The van der Waals surface area contributed by atoms with Gasteiger partial charge in [0.25, 0.3) is 0 Å². The van der Waals surface area contributed by atoms with Crippen LogP contribution in [-0.2, 0) is 11.2 Å². The molecule has 0 spiro atoms. The second-order valence-corrected chi connectivity index (χ2v) is 4.51. The van der Waals surface area contributed by atoms with Gasteiger partial charge in [-0.2, -0.15) is 5.26 Å². The fourth-order valence-electron chi connectivity index (χ4n) is 2.08. The Bertz CT molecular complexity index is 752.